The number of hydrogen-bond donors (Lipinski definition) is 2. The Morgan fingerprint density at radius 2 is 1.59 bits per heavy atom. The Bertz CT molecular complexity index is 297. The van der Waals surface area contributed by atoms with E-state index in [0.29, 0.717) is 11.5 Å². The van der Waals surface area contributed by atoms with Gasteiger partial charge in [0.15, 0.2) is 0 Å². The number of nitrogens with one attached hydrogen (secondary N) is 1. The van der Waals surface area contributed by atoms with Gasteiger partial charge in [-0.1, -0.05) is 0 Å². The molecule has 4 bridgehead atoms. The second-order valence-electron chi connectivity index (χ2n) is 6.91. The van der Waals surface area contributed by atoms with Crippen LogP contribution in [0.15, 0.2) is 4.99 Å². The summed E-state index contributed by atoms with van der Waals surface area (Å²) in [5, 5.41) is 0. The maximum absolute atomic E-state index is 5.76. The van der Waals surface area contributed by atoms with Gasteiger partial charge in [0.2, 0.25) is 0 Å². The van der Waals surface area contributed by atoms with Gasteiger partial charge in [0.1, 0.15) is 5.84 Å². The first-order valence-corrected chi connectivity index (χ1v) is 7.16. The summed E-state index contributed by atoms with van der Waals surface area (Å²) in [7, 11) is 0. The fourth-order valence-corrected chi connectivity index (χ4v) is 4.99. The van der Waals surface area contributed by atoms with Crippen LogP contribution >= 0.6 is 0 Å². The van der Waals surface area contributed by atoms with Crippen LogP contribution < -0.4 is 11.3 Å². The molecular formula is C14H25N3. The first kappa shape index (κ1) is 11.5. The summed E-state index contributed by atoms with van der Waals surface area (Å²) in [6, 6.07) is 0.342. The van der Waals surface area contributed by atoms with Crippen molar-refractivity contribution in [3.63, 3.8) is 0 Å². The van der Waals surface area contributed by atoms with Crippen LogP contribution in [0.5, 0.6) is 0 Å². The lowest BCUT2D eigenvalue weighted by molar-refractivity contribution is -0.0143. The molecule has 0 heterocycles. The summed E-state index contributed by atoms with van der Waals surface area (Å²) in [5.74, 6) is 9.72. The Balaban J connectivity index is 1.90. The van der Waals surface area contributed by atoms with E-state index in [4.69, 9.17) is 10.8 Å². The molecule has 4 rings (SSSR count). The fourth-order valence-electron chi connectivity index (χ4n) is 4.99. The van der Waals surface area contributed by atoms with Crippen molar-refractivity contribution in [3.8, 4) is 0 Å². The number of hydrazine groups is 1. The van der Waals surface area contributed by atoms with Crippen molar-refractivity contribution in [1.82, 2.24) is 5.43 Å². The van der Waals surface area contributed by atoms with Gasteiger partial charge in [-0.2, -0.15) is 0 Å². The zero-order chi connectivity index (χ0) is 12.0. The molecule has 0 atom stereocenters. The van der Waals surface area contributed by atoms with Crippen LogP contribution in [-0.2, 0) is 0 Å². The Morgan fingerprint density at radius 1 is 1.12 bits per heavy atom. The van der Waals surface area contributed by atoms with Gasteiger partial charge in [-0.05, 0) is 70.1 Å². The van der Waals surface area contributed by atoms with E-state index in [0.717, 1.165) is 23.6 Å². The van der Waals surface area contributed by atoms with Gasteiger partial charge < -0.3 is 5.43 Å². The second kappa shape index (κ2) is 3.98. The molecule has 0 spiro atoms. The number of nitrogens with zero attached hydrogens (tertiary/aromatic N) is 1. The molecule has 0 aromatic carbocycles. The molecule has 0 aliphatic heterocycles. The van der Waals surface area contributed by atoms with Crippen LogP contribution in [0.3, 0.4) is 0 Å². The number of aliphatic imine (C=N–C) groups is 1. The lowest BCUT2D eigenvalue weighted by atomic mass is 9.49. The standard InChI is InChI=1S/C14H25N3/c1-9(2)16-13(17-15)14-6-10-3-11(7-14)5-12(4-10)8-14/h9-12H,3-8,15H2,1-2H3,(H,16,17). The van der Waals surface area contributed by atoms with Gasteiger partial charge >= 0.3 is 0 Å². The molecule has 0 amide bonds. The normalized spacial score (nSPS) is 44.5. The SMILES string of the molecule is CC(C)N=C(NN)C12CC3CC(CC(C3)C1)C2. The van der Waals surface area contributed by atoms with Crippen LogP contribution in [0.1, 0.15) is 52.4 Å². The zero-order valence-corrected chi connectivity index (χ0v) is 11.1. The van der Waals surface area contributed by atoms with Gasteiger partial charge in [0.25, 0.3) is 0 Å². The lowest BCUT2D eigenvalue weighted by Gasteiger charge is -2.56. The van der Waals surface area contributed by atoms with Crippen molar-refractivity contribution in [2.75, 3.05) is 0 Å². The van der Waals surface area contributed by atoms with E-state index >= 15 is 0 Å². The van der Waals surface area contributed by atoms with Crippen molar-refractivity contribution in [1.29, 1.82) is 0 Å². The summed E-state index contributed by atoms with van der Waals surface area (Å²) < 4.78 is 0. The number of amidine groups is 1. The van der Waals surface area contributed by atoms with Crippen molar-refractivity contribution in [2.45, 2.75) is 58.4 Å². The molecule has 17 heavy (non-hydrogen) atoms. The van der Waals surface area contributed by atoms with E-state index in [-0.39, 0.29) is 0 Å². The third kappa shape index (κ3) is 1.88. The average molecular weight is 235 g/mol. The van der Waals surface area contributed by atoms with Crippen molar-refractivity contribution < 1.29 is 0 Å². The van der Waals surface area contributed by atoms with E-state index < -0.39 is 0 Å². The van der Waals surface area contributed by atoms with Crippen LogP contribution in [0.2, 0.25) is 0 Å². The topological polar surface area (TPSA) is 50.4 Å². The van der Waals surface area contributed by atoms with Gasteiger partial charge in [-0.3, -0.25) is 4.99 Å². The Labute approximate surface area is 104 Å². The maximum atomic E-state index is 5.76. The molecule has 3 heteroatoms. The molecule has 3 N–H and O–H groups in total. The van der Waals surface area contributed by atoms with Crippen molar-refractivity contribution in [3.05, 3.63) is 0 Å². The largest absolute Gasteiger partial charge is 0.312 e. The third-order valence-corrected chi connectivity index (χ3v) is 5.06. The van der Waals surface area contributed by atoms with E-state index in [1.54, 1.807) is 0 Å². The highest BCUT2D eigenvalue weighted by atomic mass is 15.3. The minimum absolute atomic E-state index is 0.313. The van der Waals surface area contributed by atoms with Gasteiger partial charge in [-0.25, -0.2) is 5.84 Å². The Kier molecular flexibility index (Phi) is 2.69. The Hall–Kier alpha value is -0.570. The van der Waals surface area contributed by atoms with E-state index in [1.807, 2.05) is 0 Å². The molecular weight excluding hydrogens is 210 g/mol. The van der Waals surface area contributed by atoms with Crippen molar-refractivity contribution in [2.24, 2.45) is 34.0 Å². The third-order valence-electron chi connectivity index (χ3n) is 5.06. The smallest absolute Gasteiger partial charge is 0.117 e. The van der Waals surface area contributed by atoms with Crippen LogP contribution in [0.25, 0.3) is 0 Å². The van der Waals surface area contributed by atoms with E-state index in [2.05, 4.69) is 19.3 Å². The molecule has 4 aliphatic carbocycles. The molecule has 0 saturated heterocycles. The minimum Gasteiger partial charge on any atom is -0.312 e. The Morgan fingerprint density at radius 3 is 1.94 bits per heavy atom. The summed E-state index contributed by atoms with van der Waals surface area (Å²) >= 11 is 0. The van der Waals surface area contributed by atoms with E-state index in [1.165, 1.54) is 38.5 Å². The van der Waals surface area contributed by atoms with E-state index in [9.17, 15) is 0 Å². The molecule has 96 valence electrons. The highest BCUT2D eigenvalue weighted by molar-refractivity contribution is 5.88. The average Bonchev–Trinajstić information content (AvgIpc) is 2.23. The summed E-state index contributed by atoms with van der Waals surface area (Å²) in [5.41, 5.74) is 3.25. The van der Waals surface area contributed by atoms with Crippen LogP contribution in [-0.4, -0.2) is 11.9 Å². The number of rotatable bonds is 2. The molecule has 3 nitrogen and oxygen atoms in total. The minimum atomic E-state index is 0.313. The molecule has 0 radical (unpaired) electrons. The first-order chi connectivity index (χ1) is 8.11. The first-order valence-electron chi connectivity index (χ1n) is 7.16. The lowest BCUT2D eigenvalue weighted by Crippen LogP contribution is -2.55. The summed E-state index contributed by atoms with van der Waals surface area (Å²) in [6.07, 6.45) is 8.40. The molecule has 4 fully saturated rings. The fraction of sp³-hybridized carbons (Fsp3) is 0.929. The zero-order valence-electron chi connectivity index (χ0n) is 11.1. The van der Waals surface area contributed by atoms with Crippen LogP contribution in [0, 0.1) is 23.2 Å². The number of nitrogens with two attached hydrogens (primary N) is 1. The predicted octanol–water partition coefficient (Wildman–Crippen LogP) is 2.47. The molecule has 0 aromatic heterocycles. The highest BCUT2D eigenvalue weighted by Crippen LogP contribution is 2.60. The molecule has 0 unspecified atom stereocenters. The van der Waals surface area contributed by atoms with Gasteiger partial charge in [-0.15, -0.1) is 0 Å². The van der Waals surface area contributed by atoms with Gasteiger partial charge in [0.05, 0.1) is 0 Å². The van der Waals surface area contributed by atoms with Crippen LogP contribution in [0.4, 0.5) is 0 Å². The monoisotopic (exact) mass is 235 g/mol. The molecule has 4 saturated carbocycles. The molecule has 4 aliphatic rings. The quantitative estimate of drug-likeness (QED) is 0.334. The summed E-state index contributed by atoms with van der Waals surface area (Å²) in [4.78, 5) is 4.77. The number of hydrogen-bond acceptors (Lipinski definition) is 2. The van der Waals surface area contributed by atoms with Gasteiger partial charge in [0, 0.05) is 11.5 Å². The summed E-state index contributed by atoms with van der Waals surface area (Å²) in [6.45, 7) is 4.27. The second-order valence-corrected chi connectivity index (χ2v) is 6.91. The molecule has 0 aromatic rings. The highest BCUT2D eigenvalue weighted by Gasteiger charge is 2.53. The maximum Gasteiger partial charge on any atom is 0.117 e. The predicted molar refractivity (Wildman–Crippen MR) is 70.5 cm³/mol. The van der Waals surface area contributed by atoms with Crippen molar-refractivity contribution >= 4 is 5.84 Å².